The van der Waals surface area contributed by atoms with Gasteiger partial charge in [-0.1, -0.05) is 87.4 Å². The molecule has 0 N–H and O–H groups in total. The van der Waals surface area contributed by atoms with Crippen LogP contribution in [0, 0.1) is 0 Å². The molecule has 0 unspecified atom stereocenters. The molecule has 5 aromatic rings. The van der Waals surface area contributed by atoms with Crippen LogP contribution in [0.25, 0.3) is 21.9 Å². The molecular weight excluding hydrogens is 536 g/mol. The molecule has 166 valence electrons. The van der Waals surface area contributed by atoms with Crippen LogP contribution >= 0.6 is 38.9 Å². The van der Waals surface area contributed by atoms with Gasteiger partial charge in [-0.05, 0) is 29.8 Å². The Labute approximate surface area is 210 Å². The van der Waals surface area contributed by atoms with Crippen molar-refractivity contribution in [2.24, 2.45) is 0 Å². The molecule has 0 aliphatic carbocycles. The van der Waals surface area contributed by atoms with Gasteiger partial charge in [0, 0.05) is 20.6 Å². The molecule has 3 heterocycles. The number of halogens is 2. The number of amides is 1. The van der Waals surface area contributed by atoms with Crippen molar-refractivity contribution in [2.45, 2.75) is 6.54 Å². The first-order valence-corrected chi connectivity index (χ1v) is 12.3. The lowest BCUT2D eigenvalue weighted by atomic mass is 10.1. The van der Waals surface area contributed by atoms with Crippen molar-refractivity contribution in [2.75, 3.05) is 4.90 Å². The van der Waals surface area contributed by atoms with Crippen LogP contribution in [0.15, 0.2) is 82.1 Å². The van der Waals surface area contributed by atoms with E-state index in [4.69, 9.17) is 11.6 Å². The van der Waals surface area contributed by atoms with Crippen molar-refractivity contribution in [1.82, 2.24) is 14.6 Å². The zero-order valence-electron chi connectivity index (χ0n) is 17.4. The lowest BCUT2D eigenvalue weighted by molar-refractivity contribution is -0.113. The van der Waals surface area contributed by atoms with Gasteiger partial charge in [-0.25, -0.2) is 0 Å². The van der Waals surface area contributed by atoms with Gasteiger partial charge in [-0.15, -0.1) is 5.10 Å². The second kappa shape index (κ2) is 8.16. The summed E-state index contributed by atoms with van der Waals surface area (Å²) in [5.41, 5.74) is 3.12. The van der Waals surface area contributed by atoms with E-state index in [0.29, 0.717) is 38.0 Å². The van der Waals surface area contributed by atoms with Gasteiger partial charge in [0.2, 0.25) is 4.96 Å². The highest BCUT2D eigenvalue weighted by molar-refractivity contribution is 9.10. The fraction of sp³-hybridized carbons (Fsp3) is 0.0400. The summed E-state index contributed by atoms with van der Waals surface area (Å²) in [5.74, 6) is 0.224. The quantitative estimate of drug-likeness (QED) is 0.327. The minimum atomic E-state index is -0.353. The van der Waals surface area contributed by atoms with E-state index in [0.717, 1.165) is 21.3 Å². The summed E-state index contributed by atoms with van der Waals surface area (Å²) in [6, 6.07) is 22.5. The first-order chi connectivity index (χ1) is 16.5. The highest BCUT2D eigenvalue weighted by Gasteiger charge is 2.34. The van der Waals surface area contributed by atoms with Crippen LogP contribution in [-0.2, 0) is 11.3 Å². The van der Waals surface area contributed by atoms with Crippen LogP contribution in [-0.4, -0.2) is 20.5 Å². The minimum absolute atomic E-state index is 0.240. The fourth-order valence-corrected chi connectivity index (χ4v) is 5.52. The largest absolute Gasteiger partial charge is 0.303 e. The van der Waals surface area contributed by atoms with Gasteiger partial charge < -0.3 is 4.90 Å². The van der Waals surface area contributed by atoms with E-state index in [2.05, 4.69) is 26.0 Å². The third kappa shape index (κ3) is 3.37. The molecule has 0 saturated carbocycles. The Bertz CT molecular complexity index is 1710. The minimum Gasteiger partial charge on any atom is -0.303 e. The number of nitrogens with zero attached hydrogens (tertiary/aromatic N) is 4. The molecule has 6 rings (SSSR count). The van der Waals surface area contributed by atoms with Crippen LogP contribution < -0.4 is 15.0 Å². The molecular formula is C25H14BrClN4O2S. The van der Waals surface area contributed by atoms with Gasteiger partial charge in [-0.3, -0.25) is 9.59 Å². The normalized spacial score (nSPS) is 14.8. The van der Waals surface area contributed by atoms with Gasteiger partial charge in [0.05, 0.1) is 17.8 Å². The molecule has 3 aromatic carbocycles. The third-order valence-corrected chi connectivity index (χ3v) is 7.62. The predicted octanol–water partition coefficient (Wildman–Crippen LogP) is 4.70. The number of fused-ring (bicyclic) bond motifs is 2. The highest BCUT2D eigenvalue weighted by Crippen LogP contribution is 2.37. The molecule has 0 atom stereocenters. The Morgan fingerprint density at radius 2 is 1.68 bits per heavy atom. The molecule has 0 radical (unpaired) electrons. The van der Waals surface area contributed by atoms with E-state index in [1.165, 1.54) is 15.9 Å². The molecule has 2 aromatic heterocycles. The average Bonchev–Trinajstić information content (AvgIpc) is 3.47. The molecule has 0 spiro atoms. The fourth-order valence-electron chi connectivity index (χ4n) is 4.06. The lowest BCUT2D eigenvalue weighted by Gasteiger charge is -2.17. The molecule has 0 saturated heterocycles. The molecule has 6 nitrogen and oxygen atoms in total. The maximum Gasteiger partial charge on any atom is 0.291 e. The predicted molar refractivity (Wildman–Crippen MR) is 137 cm³/mol. The Hall–Kier alpha value is -3.33. The van der Waals surface area contributed by atoms with Crippen LogP contribution in [0.1, 0.15) is 11.1 Å². The number of anilines is 1. The molecule has 1 amide bonds. The second-order valence-electron chi connectivity index (χ2n) is 7.75. The number of carbonyl (C=O) groups excluding carboxylic acids is 1. The van der Waals surface area contributed by atoms with E-state index in [1.807, 2.05) is 66.7 Å². The monoisotopic (exact) mass is 548 g/mol. The van der Waals surface area contributed by atoms with E-state index in [-0.39, 0.29) is 11.5 Å². The number of thiazole rings is 1. The third-order valence-electron chi connectivity index (χ3n) is 5.70. The van der Waals surface area contributed by atoms with E-state index in [9.17, 15) is 9.59 Å². The summed E-state index contributed by atoms with van der Waals surface area (Å²) in [6.45, 7) is 0.307. The van der Waals surface area contributed by atoms with Crippen LogP contribution in [0.5, 0.6) is 0 Å². The molecule has 1 aliphatic rings. The van der Waals surface area contributed by atoms with Gasteiger partial charge in [0.25, 0.3) is 11.5 Å². The lowest BCUT2D eigenvalue weighted by Crippen LogP contribution is -2.32. The summed E-state index contributed by atoms with van der Waals surface area (Å²) < 4.78 is 2.55. The Morgan fingerprint density at radius 1 is 0.941 bits per heavy atom. The Morgan fingerprint density at radius 3 is 2.44 bits per heavy atom. The number of benzene rings is 3. The second-order valence-corrected chi connectivity index (χ2v) is 10.0. The summed E-state index contributed by atoms with van der Waals surface area (Å²) in [4.78, 5) is 33.6. The highest BCUT2D eigenvalue weighted by atomic mass is 79.9. The maximum absolute atomic E-state index is 13.6. The van der Waals surface area contributed by atoms with Gasteiger partial charge in [-0.2, -0.15) is 9.50 Å². The number of aromatic nitrogens is 3. The van der Waals surface area contributed by atoms with E-state index in [1.54, 1.807) is 11.0 Å². The number of rotatable bonds is 3. The summed E-state index contributed by atoms with van der Waals surface area (Å²) in [7, 11) is 0. The summed E-state index contributed by atoms with van der Waals surface area (Å²) in [5, 5.41) is 5.00. The molecule has 1 aliphatic heterocycles. The number of hydrogen-bond donors (Lipinski definition) is 0. The van der Waals surface area contributed by atoms with E-state index >= 15 is 0 Å². The molecule has 34 heavy (non-hydrogen) atoms. The number of carbonyl (C=O) groups is 1. The first kappa shape index (κ1) is 21.2. The number of para-hydroxylation sites is 1. The SMILES string of the molecule is O=C1/C(=c2\sc3nc(-c4ccc(Br)cc4)nn3c2=O)c2ccccc2N1Cc1ccccc1Cl. The summed E-state index contributed by atoms with van der Waals surface area (Å²) in [6.07, 6.45) is 0. The molecule has 0 bridgehead atoms. The Kier molecular flexibility index (Phi) is 5.09. The van der Waals surface area contributed by atoms with Crippen molar-refractivity contribution in [3.05, 3.63) is 108 Å². The first-order valence-electron chi connectivity index (χ1n) is 10.4. The van der Waals surface area contributed by atoms with Crippen LogP contribution in [0.4, 0.5) is 5.69 Å². The average molecular weight is 550 g/mol. The topological polar surface area (TPSA) is 67.6 Å². The standard InChI is InChI=1S/C25H14BrClN4O2S/c26-16-11-9-14(10-12-16)22-28-25-31(29-22)24(33)21(34-25)20-17-6-2-4-8-19(17)30(23(20)32)13-15-5-1-3-7-18(15)27/h1-12H,13H2/b21-20-. The van der Waals surface area contributed by atoms with Crippen molar-refractivity contribution < 1.29 is 4.79 Å². The smallest absolute Gasteiger partial charge is 0.291 e. The number of hydrogen-bond acceptors (Lipinski definition) is 5. The van der Waals surface area contributed by atoms with Gasteiger partial charge in [0.15, 0.2) is 5.82 Å². The molecule has 9 heteroatoms. The zero-order chi connectivity index (χ0) is 23.4. The van der Waals surface area contributed by atoms with Gasteiger partial charge in [0.1, 0.15) is 4.53 Å². The van der Waals surface area contributed by atoms with Gasteiger partial charge >= 0.3 is 0 Å². The van der Waals surface area contributed by atoms with Crippen LogP contribution in [0.3, 0.4) is 0 Å². The zero-order valence-corrected chi connectivity index (χ0v) is 20.6. The molecule has 0 fully saturated rings. The van der Waals surface area contributed by atoms with Crippen molar-refractivity contribution in [3.8, 4) is 11.4 Å². The van der Waals surface area contributed by atoms with Crippen molar-refractivity contribution >= 4 is 61.0 Å². The Balaban J connectivity index is 1.50. The van der Waals surface area contributed by atoms with E-state index < -0.39 is 0 Å². The van der Waals surface area contributed by atoms with Crippen molar-refractivity contribution in [1.29, 1.82) is 0 Å². The maximum atomic E-state index is 13.6. The summed E-state index contributed by atoms with van der Waals surface area (Å²) >= 11 is 10.9. The van der Waals surface area contributed by atoms with Crippen LogP contribution in [0.2, 0.25) is 5.02 Å². The van der Waals surface area contributed by atoms with Crippen molar-refractivity contribution in [3.63, 3.8) is 0 Å².